The van der Waals surface area contributed by atoms with E-state index in [1.54, 1.807) is 6.92 Å². The Kier molecular flexibility index (Phi) is 4.09. The summed E-state index contributed by atoms with van der Waals surface area (Å²) in [4.78, 5) is 10.8. The van der Waals surface area contributed by atoms with E-state index in [1.807, 2.05) is 6.92 Å². The summed E-state index contributed by atoms with van der Waals surface area (Å²) < 4.78 is 0. The first-order valence-corrected chi connectivity index (χ1v) is 5.27. The predicted molar refractivity (Wildman–Crippen MR) is 62.8 cm³/mol. The SMILES string of the molecule is CC(=O)NC(C)Cc1ccc(P)cc1. The molecule has 0 spiro atoms. The molecule has 0 aliphatic rings. The summed E-state index contributed by atoms with van der Waals surface area (Å²) in [5.74, 6) is 0.0279. The van der Waals surface area contributed by atoms with Crippen LogP contribution in [0.5, 0.6) is 0 Å². The third kappa shape index (κ3) is 3.89. The zero-order chi connectivity index (χ0) is 10.6. The van der Waals surface area contributed by atoms with E-state index in [-0.39, 0.29) is 11.9 Å². The van der Waals surface area contributed by atoms with E-state index < -0.39 is 0 Å². The number of carbonyl (C=O) groups is 1. The lowest BCUT2D eigenvalue weighted by atomic mass is 10.1. The molecule has 0 saturated carbocycles. The third-order valence-corrected chi connectivity index (χ3v) is 2.36. The summed E-state index contributed by atoms with van der Waals surface area (Å²) in [6, 6.07) is 8.48. The first-order chi connectivity index (χ1) is 6.58. The Morgan fingerprint density at radius 1 is 1.43 bits per heavy atom. The van der Waals surface area contributed by atoms with Gasteiger partial charge in [-0.1, -0.05) is 24.3 Å². The Labute approximate surface area is 87.3 Å². The zero-order valence-corrected chi connectivity index (χ0v) is 9.73. The molecule has 1 amide bonds. The molecule has 0 aliphatic heterocycles. The highest BCUT2D eigenvalue weighted by atomic mass is 31.0. The molecule has 0 bridgehead atoms. The van der Waals surface area contributed by atoms with E-state index in [2.05, 4.69) is 38.8 Å². The van der Waals surface area contributed by atoms with E-state index in [0.29, 0.717) is 0 Å². The minimum absolute atomic E-state index is 0.0279. The number of rotatable bonds is 3. The molecular weight excluding hydrogens is 193 g/mol. The van der Waals surface area contributed by atoms with Crippen molar-refractivity contribution in [2.24, 2.45) is 0 Å². The van der Waals surface area contributed by atoms with Crippen molar-refractivity contribution in [2.75, 3.05) is 0 Å². The van der Waals surface area contributed by atoms with Crippen molar-refractivity contribution in [3.8, 4) is 0 Å². The van der Waals surface area contributed by atoms with Gasteiger partial charge in [-0.25, -0.2) is 0 Å². The second-order valence-electron chi connectivity index (χ2n) is 3.55. The summed E-state index contributed by atoms with van der Waals surface area (Å²) in [7, 11) is 2.65. The van der Waals surface area contributed by atoms with Crippen LogP contribution in [0.4, 0.5) is 0 Å². The third-order valence-electron chi connectivity index (χ3n) is 1.97. The average molecular weight is 209 g/mol. The quantitative estimate of drug-likeness (QED) is 0.746. The van der Waals surface area contributed by atoms with Crippen molar-refractivity contribution in [3.63, 3.8) is 0 Å². The van der Waals surface area contributed by atoms with Gasteiger partial charge in [0.05, 0.1) is 0 Å². The van der Waals surface area contributed by atoms with Crippen LogP contribution in [-0.2, 0) is 11.2 Å². The first kappa shape index (κ1) is 11.2. The van der Waals surface area contributed by atoms with Gasteiger partial charge >= 0.3 is 0 Å². The van der Waals surface area contributed by atoms with Crippen molar-refractivity contribution >= 4 is 20.5 Å². The topological polar surface area (TPSA) is 29.1 Å². The fraction of sp³-hybridized carbons (Fsp3) is 0.364. The summed E-state index contributed by atoms with van der Waals surface area (Å²) in [6.45, 7) is 3.55. The van der Waals surface area contributed by atoms with E-state index in [1.165, 1.54) is 10.9 Å². The smallest absolute Gasteiger partial charge is 0.217 e. The Hall–Kier alpha value is -0.880. The molecule has 0 aliphatic carbocycles. The zero-order valence-electron chi connectivity index (χ0n) is 8.58. The van der Waals surface area contributed by atoms with Gasteiger partial charge in [0.25, 0.3) is 0 Å². The molecule has 0 aromatic heterocycles. The van der Waals surface area contributed by atoms with Gasteiger partial charge in [0, 0.05) is 13.0 Å². The number of hydrogen-bond donors (Lipinski definition) is 1. The normalized spacial score (nSPS) is 12.2. The highest BCUT2D eigenvalue weighted by Crippen LogP contribution is 2.03. The van der Waals surface area contributed by atoms with E-state index in [4.69, 9.17) is 0 Å². The molecule has 0 saturated heterocycles. The van der Waals surface area contributed by atoms with Gasteiger partial charge in [-0.2, -0.15) is 0 Å². The van der Waals surface area contributed by atoms with Crippen molar-refractivity contribution in [2.45, 2.75) is 26.3 Å². The standard InChI is InChI=1S/C11H16NOP/c1-8(12-9(2)13)7-10-3-5-11(14)6-4-10/h3-6,8H,7,14H2,1-2H3,(H,12,13). The monoisotopic (exact) mass is 209 g/mol. The van der Waals surface area contributed by atoms with Crippen molar-refractivity contribution in [1.82, 2.24) is 5.32 Å². The molecule has 1 aromatic rings. The minimum Gasteiger partial charge on any atom is -0.354 e. The van der Waals surface area contributed by atoms with Crippen LogP contribution in [0.1, 0.15) is 19.4 Å². The van der Waals surface area contributed by atoms with Crippen LogP contribution >= 0.6 is 9.24 Å². The highest BCUT2D eigenvalue weighted by molar-refractivity contribution is 7.27. The Balaban J connectivity index is 2.51. The molecule has 76 valence electrons. The summed E-state index contributed by atoms with van der Waals surface area (Å²) >= 11 is 0. The van der Waals surface area contributed by atoms with Crippen LogP contribution in [0.25, 0.3) is 0 Å². The minimum atomic E-state index is 0.0279. The molecule has 1 N–H and O–H groups in total. The predicted octanol–water partition coefficient (Wildman–Crippen LogP) is 1.25. The second-order valence-corrected chi connectivity index (χ2v) is 4.21. The summed E-state index contributed by atoms with van der Waals surface area (Å²) in [6.07, 6.45) is 0.879. The number of hydrogen-bond acceptors (Lipinski definition) is 1. The number of amides is 1. The van der Waals surface area contributed by atoms with Gasteiger partial charge < -0.3 is 5.32 Å². The van der Waals surface area contributed by atoms with Gasteiger partial charge in [0.2, 0.25) is 5.91 Å². The maximum Gasteiger partial charge on any atom is 0.217 e. The van der Waals surface area contributed by atoms with Gasteiger partial charge in [0.1, 0.15) is 0 Å². The van der Waals surface area contributed by atoms with Gasteiger partial charge in [-0.05, 0) is 24.2 Å². The lowest BCUT2D eigenvalue weighted by molar-refractivity contribution is -0.119. The molecule has 0 heterocycles. The number of carbonyl (C=O) groups excluding carboxylic acids is 1. The Morgan fingerprint density at radius 3 is 2.50 bits per heavy atom. The van der Waals surface area contributed by atoms with Crippen LogP contribution in [0.3, 0.4) is 0 Å². The number of nitrogens with one attached hydrogen (secondary N) is 1. The van der Waals surface area contributed by atoms with Crippen LogP contribution in [0, 0.1) is 0 Å². The van der Waals surface area contributed by atoms with Crippen LogP contribution in [0.15, 0.2) is 24.3 Å². The maximum absolute atomic E-state index is 10.8. The van der Waals surface area contributed by atoms with E-state index >= 15 is 0 Å². The van der Waals surface area contributed by atoms with Gasteiger partial charge in [-0.15, -0.1) is 9.24 Å². The van der Waals surface area contributed by atoms with E-state index in [9.17, 15) is 4.79 Å². The summed E-state index contributed by atoms with van der Waals surface area (Å²) in [5.41, 5.74) is 1.25. The fourth-order valence-corrected chi connectivity index (χ4v) is 1.60. The lowest BCUT2D eigenvalue weighted by Gasteiger charge is -2.12. The largest absolute Gasteiger partial charge is 0.354 e. The molecule has 0 radical (unpaired) electrons. The maximum atomic E-state index is 10.8. The molecule has 2 atom stereocenters. The average Bonchev–Trinajstić information content (AvgIpc) is 2.07. The van der Waals surface area contributed by atoms with Crippen molar-refractivity contribution < 1.29 is 4.79 Å². The lowest BCUT2D eigenvalue weighted by Crippen LogP contribution is -2.32. The molecule has 1 aromatic carbocycles. The van der Waals surface area contributed by atoms with E-state index in [0.717, 1.165) is 6.42 Å². The summed E-state index contributed by atoms with van der Waals surface area (Å²) in [5, 5.41) is 4.04. The molecule has 0 fully saturated rings. The van der Waals surface area contributed by atoms with Crippen molar-refractivity contribution in [1.29, 1.82) is 0 Å². The van der Waals surface area contributed by atoms with Gasteiger partial charge in [-0.3, -0.25) is 4.79 Å². The molecule has 1 rings (SSSR count). The molecule has 14 heavy (non-hydrogen) atoms. The first-order valence-electron chi connectivity index (χ1n) is 4.69. The Morgan fingerprint density at radius 2 is 2.00 bits per heavy atom. The van der Waals surface area contributed by atoms with Crippen molar-refractivity contribution in [3.05, 3.63) is 29.8 Å². The van der Waals surface area contributed by atoms with Crippen LogP contribution in [0.2, 0.25) is 0 Å². The Bertz CT molecular complexity index is 308. The van der Waals surface area contributed by atoms with Crippen LogP contribution < -0.4 is 10.6 Å². The molecule has 2 unspecified atom stereocenters. The van der Waals surface area contributed by atoms with Gasteiger partial charge in [0.15, 0.2) is 0 Å². The molecular formula is C11H16NOP. The molecule has 2 nitrogen and oxygen atoms in total. The number of benzene rings is 1. The molecule has 3 heteroatoms. The second kappa shape index (κ2) is 5.11. The fourth-order valence-electron chi connectivity index (χ4n) is 1.41. The van der Waals surface area contributed by atoms with Crippen LogP contribution in [-0.4, -0.2) is 11.9 Å². The highest BCUT2D eigenvalue weighted by Gasteiger charge is 2.03.